The molecule has 0 heterocycles. The normalized spacial score (nSPS) is 13.4. The minimum Gasteiger partial charge on any atom is -0.375 e. The number of hydrogen-bond acceptors (Lipinski definition) is 4. The molecule has 0 aliphatic heterocycles. The van der Waals surface area contributed by atoms with Gasteiger partial charge >= 0.3 is 6.18 Å². The Bertz CT molecular complexity index is 528. The summed E-state index contributed by atoms with van der Waals surface area (Å²) in [5.74, 6) is -1.50. The number of amides is 2. The molecule has 1 atom stereocenters. The van der Waals surface area contributed by atoms with Crippen LogP contribution in [0.2, 0.25) is 0 Å². The summed E-state index contributed by atoms with van der Waals surface area (Å²) in [5, 5.41) is 14.0. The molecule has 0 spiro atoms. The molecule has 5 N–H and O–H groups in total. The molecule has 0 aromatic heterocycles. The van der Waals surface area contributed by atoms with Gasteiger partial charge in [0.25, 0.3) is 0 Å². The van der Waals surface area contributed by atoms with Crippen LogP contribution in [0.3, 0.4) is 0 Å². The molecule has 1 aromatic rings. The highest BCUT2D eigenvalue weighted by atomic mass is 35.5. The molecule has 0 radical (unpaired) electrons. The van der Waals surface area contributed by atoms with E-state index < -0.39 is 42.2 Å². The topological polar surface area (TPSA) is 104 Å². The predicted octanol–water partition coefficient (Wildman–Crippen LogP) is 0.0494. The highest BCUT2D eigenvalue weighted by Gasteiger charge is 2.55. The lowest BCUT2D eigenvalue weighted by molar-refractivity contribution is -0.264. The molecule has 0 aliphatic carbocycles. The Hall–Kier alpha value is -1.84. The second-order valence-corrected chi connectivity index (χ2v) is 4.48. The highest BCUT2D eigenvalue weighted by molar-refractivity contribution is 5.85. The van der Waals surface area contributed by atoms with Crippen LogP contribution in [0, 0.1) is 0 Å². The van der Waals surface area contributed by atoms with Gasteiger partial charge in [0.2, 0.25) is 17.4 Å². The lowest BCUT2D eigenvalue weighted by atomic mass is 9.93. The van der Waals surface area contributed by atoms with E-state index in [-0.39, 0.29) is 19.0 Å². The minimum atomic E-state index is -4.98. The van der Waals surface area contributed by atoms with Gasteiger partial charge in [-0.15, -0.1) is 12.4 Å². The Morgan fingerprint density at radius 2 is 1.65 bits per heavy atom. The number of nitrogens with two attached hydrogens (primary N) is 1. The molecular formula is C13H17ClF3N3O3. The molecule has 1 unspecified atom stereocenters. The van der Waals surface area contributed by atoms with Crippen LogP contribution in [0.1, 0.15) is 5.56 Å². The van der Waals surface area contributed by atoms with Gasteiger partial charge < -0.3 is 21.5 Å². The molecule has 2 amide bonds. The number of carbonyl (C=O) groups is 2. The van der Waals surface area contributed by atoms with Crippen molar-refractivity contribution in [2.45, 2.75) is 11.8 Å². The Morgan fingerprint density at radius 1 is 1.09 bits per heavy atom. The molecule has 0 saturated heterocycles. The Labute approximate surface area is 136 Å². The Morgan fingerprint density at radius 3 is 2.13 bits per heavy atom. The summed E-state index contributed by atoms with van der Waals surface area (Å²) in [6.45, 7) is -1.94. The van der Waals surface area contributed by atoms with Gasteiger partial charge in [0, 0.05) is 0 Å². The summed E-state index contributed by atoms with van der Waals surface area (Å²) >= 11 is 0. The number of aliphatic hydroxyl groups is 1. The van der Waals surface area contributed by atoms with Crippen LogP contribution in [0.4, 0.5) is 13.2 Å². The summed E-state index contributed by atoms with van der Waals surface area (Å²) in [4.78, 5) is 22.3. The van der Waals surface area contributed by atoms with E-state index in [4.69, 9.17) is 5.73 Å². The molecule has 130 valence electrons. The molecule has 1 rings (SSSR count). The smallest absolute Gasteiger partial charge is 0.375 e. The van der Waals surface area contributed by atoms with Crippen molar-refractivity contribution in [2.75, 3.05) is 19.6 Å². The third kappa shape index (κ3) is 5.70. The van der Waals surface area contributed by atoms with E-state index in [9.17, 15) is 27.9 Å². The number of halogens is 4. The molecule has 6 nitrogen and oxygen atoms in total. The van der Waals surface area contributed by atoms with Gasteiger partial charge in [0.1, 0.15) is 0 Å². The number of benzene rings is 1. The fourth-order valence-electron chi connectivity index (χ4n) is 1.62. The number of alkyl halides is 3. The second kappa shape index (κ2) is 8.70. The van der Waals surface area contributed by atoms with Crippen LogP contribution in [-0.2, 0) is 15.2 Å². The zero-order valence-corrected chi connectivity index (χ0v) is 12.7. The standard InChI is InChI=1S/C13H16F3N3O3.ClH/c14-13(15,16)12(22,9-4-2-1-3-5-9)8-19-11(21)7-18-10(20)6-17;/h1-5,22H,6-8,17H2,(H,18,20)(H,19,21);1H. The van der Waals surface area contributed by atoms with Crippen molar-refractivity contribution in [3.8, 4) is 0 Å². The predicted molar refractivity (Wildman–Crippen MR) is 78.7 cm³/mol. The van der Waals surface area contributed by atoms with Crippen molar-refractivity contribution in [3.63, 3.8) is 0 Å². The first kappa shape index (κ1) is 21.2. The third-order valence-corrected chi connectivity index (χ3v) is 2.89. The van der Waals surface area contributed by atoms with Crippen molar-refractivity contribution in [1.82, 2.24) is 10.6 Å². The minimum absolute atomic E-state index is 0. The molecule has 0 aliphatic rings. The fraction of sp³-hybridized carbons (Fsp3) is 0.385. The first-order valence-electron chi connectivity index (χ1n) is 6.29. The van der Waals surface area contributed by atoms with Gasteiger partial charge in [-0.1, -0.05) is 30.3 Å². The number of hydrogen-bond donors (Lipinski definition) is 4. The van der Waals surface area contributed by atoms with Gasteiger partial charge in [0.15, 0.2) is 0 Å². The van der Waals surface area contributed by atoms with Crippen LogP contribution >= 0.6 is 12.4 Å². The zero-order chi connectivity index (χ0) is 16.8. The summed E-state index contributed by atoms with van der Waals surface area (Å²) in [6, 6.07) is 6.40. The Balaban J connectivity index is 0.00000484. The van der Waals surface area contributed by atoms with Crippen molar-refractivity contribution in [1.29, 1.82) is 0 Å². The lowest BCUT2D eigenvalue weighted by Gasteiger charge is -2.31. The number of rotatable bonds is 6. The van der Waals surface area contributed by atoms with E-state index in [1.807, 2.05) is 5.32 Å². The molecular weight excluding hydrogens is 339 g/mol. The fourth-order valence-corrected chi connectivity index (χ4v) is 1.62. The SMILES string of the molecule is Cl.NCC(=O)NCC(=O)NCC(O)(c1ccccc1)C(F)(F)F. The molecule has 0 fully saturated rings. The van der Waals surface area contributed by atoms with Gasteiger partial charge in [-0.3, -0.25) is 9.59 Å². The maximum absolute atomic E-state index is 13.1. The lowest BCUT2D eigenvalue weighted by Crippen LogP contribution is -2.52. The highest BCUT2D eigenvalue weighted by Crippen LogP contribution is 2.38. The van der Waals surface area contributed by atoms with E-state index in [1.54, 1.807) is 0 Å². The van der Waals surface area contributed by atoms with Crippen LogP contribution in [0.25, 0.3) is 0 Å². The largest absolute Gasteiger partial charge is 0.423 e. The summed E-state index contributed by atoms with van der Waals surface area (Å²) in [6.07, 6.45) is -4.98. The van der Waals surface area contributed by atoms with Crippen LogP contribution in [0.15, 0.2) is 30.3 Å². The van der Waals surface area contributed by atoms with E-state index in [1.165, 1.54) is 18.2 Å². The average Bonchev–Trinajstić information content (AvgIpc) is 2.49. The third-order valence-electron chi connectivity index (χ3n) is 2.89. The van der Waals surface area contributed by atoms with Crippen molar-refractivity contribution in [2.24, 2.45) is 5.73 Å². The molecule has 0 bridgehead atoms. The van der Waals surface area contributed by atoms with Gasteiger partial charge in [0.05, 0.1) is 19.6 Å². The Kier molecular flexibility index (Phi) is 8.01. The van der Waals surface area contributed by atoms with Crippen molar-refractivity contribution in [3.05, 3.63) is 35.9 Å². The number of carbonyl (C=O) groups excluding carboxylic acids is 2. The van der Waals surface area contributed by atoms with Gasteiger partial charge in [-0.2, -0.15) is 13.2 Å². The van der Waals surface area contributed by atoms with Gasteiger partial charge in [-0.05, 0) is 5.56 Å². The van der Waals surface area contributed by atoms with Crippen LogP contribution in [-0.4, -0.2) is 42.7 Å². The van der Waals surface area contributed by atoms with E-state index in [0.29, 0.717) is 0 Å². The first-order valence-corrected chi connectivity index (χ1v) is 6.29. The van der Waals surface area contributed by atoms with E-state index in [0.717, 1.165) is 12.1 Å². The van der Waals surface area contributed by atoms with E-state index >= 15 is 0 Å². The second-order valence-electron chi connectivity index (χ2n) is 4.48. The van der Waals surface area contributed by atoms with E-state index in [2.05, 4.69) is 5.32 Å². The van der Waals surface area contributed by atoms with Crippen LogP contribution in [0.5, 0.6) is 0 Å². The monoisotopic (exact) mass is 355 g/mol. The van der Waals surface area contributed by atoms with Gasteiger partial charge in [-0.25, -0.2) is 0 Å². The summed E-state index contributed by atoms with van der Waals surface area (Å²) in [5.41, 5.74) is 1.39. The van der Waals surface area contributed by atoms with Crippen LogP contribution < -0.4 is 16.4 Å². The molecule has 0 saturated carbocycles. The quantitative estimate of drug-likeness (QED) is 0.578. The zero-order valence-electron chi connectivity index (χ0n) is 11.9. The molecule has 10 heteroatoms. The maximum Gasteiger partial charge on any atom is 0.423 e. The number of nitrogens with one attached hydrogen (secondary N) is 2. The first-order chi connectivity index (χ1) is 10.2. The average molecular weight is 356 g/mol. The van der Waals surface area contributed by atoms with Crippen molar-refractivity contribution < 1.29 is 27.9 Å². The molecule has 1 aromatic carbocycles. The summed E-state index contributed by atoms with van der Waals surface area (Å²) < 4.78 is 39.4. The molecule has 23 heavy (non-hydrogen) atoms. The maximum atomic E-state index is 13.1. The van der Waals surface area contributed by atoms with Crippen molar-refractivity contribution >= 4 is 24.2 Å². The summed E-state index contributed by atoms with van der Waals surface area (Å²) in [7, 11) is 0.